The lowest BCUT2D eigenvalue weighted by atomic mass is 10.3. The van der Waals surface area contributed by atoms with Crippen LogP contribution in [0.25, 0.3) is 0 Å². The van der Waals surface area contributed by atoms with Crippen LogP contribution >= 0.6 is 0 Å². The molecule has 0 saturated heterocycles. The third kappa shape index (κ3) is 10.7. The normalized spacial score (nSPS) is 13.2. The maximum Gasteiger partial charge on any atom is 0.0701 e. The summed E-state index contributed by atoms with van der Waals surface area (Å²) in [6.07, 6.45) is 1.21. The van der Waals surface area contributed by atoms with E-state index < -0.39 is 0 Å². The van der Waals surface area contributed by atoms with Crippen molar-refractivity contribution in [3.8, 4) is 0 Å². The summed E-state index contributed by atoms with van der Waals surface area (Å²) >= 11 is 0. The van der Waals surface area contributed by atoms with Gasteiger partial charge in [0.1, 0.15) is 0 Å². The van der Waals surface area contributed by atoms with Crippen LogP contribution < -0.4 is 0 Å². The lowest BCUT2D eigenvalue weighted by Gasteiger charge is -2.25. The van der Waals surface area contributed by atoms with Crippen molar-refractivity contribution in [1.82, 2.24) is 4.90 Å². The zero-order valence-corrected chi connectivity index (χ0v) is 11.1. The van der Waals surface area contributed by atoms with E-state index in [2.05, 4.69) is 11.8 Å². The fourth-order valence-electron chi connectivity index (χ4n) is 1.64. The van der Waals surface area contributed by atoms with E-state index in [0.29, 0.717) is 19.8 Å². The Morgan fingerprint density at radius 3 is 2.35 bits per heavy atom. The van der Waals surface area contributed by atoms with Gasteiger partial charge in [0, 0.05) is 13.1 Å². The van der Waals surface area contributed by atoms with Gasteiger partial charge in [0.15, 0.2) is 0 Å². The topological polar surface area (TPSA) is 62.2 Å². The van der Waals surface area contributed by atoms with Gasteiger partial charge in [-0.3, -0.25) is 4.90 Å². The highest BCUT2D eigenvalue weighted by atomic mass is 16.5. The van der Waals surface area contributed by atoms with Crippen molar-refractivity contribution in [3.05, 3.63) is 0 Å². The molecule has 0 aromatic heterocycles. The molecule has 0 aromatic rings. The van der Waals surface area contributed by atoms with Gasteiger partial charge in [0.05, 0.1) is 39.1 Å². The van der Waals surface area contributed by atoms with Crippen LogP contribution in [0.5, 0.6) is 0 Å². The van der Waals surface area contributed by atoms with Crippen molar-refractivity contribution < 1.29 is 19.7 Å². The molecule has 0 aromatic carbocycles. The number of nitrogens with zero attached hydrogens (tertiary/aromatic N) is 1. The van der Waals surface area contributed by atoms with Crippen molar-refractivity contribution in [2.45, 2.75) is 26.4 Å². The molecule has 0 spiro atoms. The summed E-state index contributed by atoms with van der Waals surface area (Å²) in [5.74, 6) is 0. The molecule has 0 amide bonds. The van der Waals surface area contributed by atoms with Gasteiger partial charge in [-0.1, -0.05) is 6.92 Å². The zero-order chi connectivity index (χ0) is 12.9. The summed E-state index contributed by atoms with van der Waals surface area (Å²) in [5, 5.41) is 17.3. The Morgan fingerprint density at radius 2 is 1.76 bits per heavy atom. The Balaban J connectivity index is 3.71. The second-order valence-corrected chi connectivity index (χ2v) is 4.04. The summed E-state index contributed by atoms with van der Waals surface area (Å²) in [6.45, 7) is 8.41. The average molecular weight is 249 g/mol. The van der Waals surface area contributed by atoms with E-state index in [9.17, 15) is 0 Å². The first-order valence-electron chi connectivity index (χ1n) is 6.38. The molecule has 104 valence electrons. The van der Waals surface area contributed by atoms with Gasteiger partial charge < -0.3 is 19.7 Å². The summed E-state index contributed by atoms with van der Waals surface area (Å²) in [7, 11) is 0. The molecule has 0 heterocycles. The molecule has 0 aliphatic rings. The minimum absolute atomic E-state index is 0.0672. The van der Waals surface area contributed by atoms with Crippen LogP contribution in [0, 0.1) is 0 Å². The van der Waals surface area contributed by atoms with Crippen molar-refractivity contribution >= 4 is 0 Å². The number of rotatable bonds is 12. The molecule has 0 aliphatic heterocycles. The van der Waals surface area contributed by atoms with E-state index in [1.54, 1.807) is 0 Å². The Bertz CT molecular complexity index is 157. The largest absolute Gasteiger partial charge is 0.394 e. The molecule has 5 heteroatoms. The first-order chi connectivity index (χ1) is 8.24. The predicted octanol–water partition coefficient (Wildman–Crippen LogP) is 0.105. The highest BCUT2D eigenvalue weighted by Gasteiger charge is 2.09. The van der Waals surface area contributed by atoms with Gasteiger partial charge in [-0.05, 0) is 19.9 Å². The minimum Gasteiger partial charge on any atom is -0.394 e. The zero-order valence-electron chi connectivity index (χ0n) is 11.1. The summed E-state index contributed by atoms with van der Waals surface area (Å²) in [4.78, 5) is 2.28. The monoisotopic (exact) mass is 249 g/mol. The van der Waals surface area contributed by atoms with Gasteiger partial charge >= 0.3 is 0 Å². The quantitative estimate of drug-likeness (QED) is 0.481. The van der Waals surface area contributed by atoms with Crippen molar-refractivity contribution in [2.24, 2.45) is 0 Å². The van der Waals surface area contributed by atoms with Crippen LogP contribution in [0.2, 0.25) is 0 Å². The SMILES string of the molecule is CCCN(CCOCCO)CC(C)OCCO. The fraction of sp³-hybridized carbons (Fsp3) is 1.00. The molecule has 5 nitrogen and oxygen atoms in total. The Kier molecular flexibility index (Phi) is 12.1. The number of hydrogen-bond donors (Lipinski definition) is 2. The van der Waals surface area contributed by atoms with Gasteiger partial charge in [0.25, 0.3) is 0 Å². The highest BCUT2D eigenvalue weighted by molar-refractivity contribution is 4.62. The molecule has 0 radical (unpaired) electrons. The maximum atomic E-state index is 8.67. The molecule has 1 atom stereocenters. The molecule has 1 unspecified atom stereocenters. The molecule has 0 rings (SSSR count). The molecule has 0 bridgehead atoms. The Hall–Kier alpha value is -0.200. The number of hydrogen-bond acceptors (Lipinski definition) is 5. The lowest BCUT2D eigenvalue weighted by Crippen LogP contribution is -2.36. The van der Waals surface area contributed by atoms with Crippen LogP contribution in [-0.2, 0) is 9.47 Å². The van der Waals surface area contributed by atoms with Crippen LogP contribution in [0.4, 0.5) is 0 Å². The van der Waals surface area contributed by atoms with Crippen molar-refractivity contribution in [3.63, 3.8) is 0 Å². The van der Waals surface area contributed by atoms with Crippen molar-refractivity contribution in [2.75, 3.05) is 52.7 Å². The van der Waals surface area contributed by atoms with Crippen molar-refractivity contribution in [1.29, 1.82) is 0 Å². The van der Waals surface area contributed by atoms with Gasteiger partial charge in [0.2, 0.25) is 0 Å². The average Bonchev–Trinajstić information content (AvgIpc) is 2.32. The van der Waals surface area contributed by atoms with E-state index in [0.717, 1.165) is 26.1 Å². The van der Waals surface area contributed by atoms with Gasteiger partial charge in [-0.2, -0.15) is 0 Å². The lowest BCUT2D eigenvalue weighted by molar-refractivity contribution is 0.00953. The molecule has 17 heavy (non-hydrogen) atoms. The highest BCUT2D eigenvalue weighted by Crippen LogP contribution is 1.98. The Morgan fingerprint density at radius 1 is 1.06 bits per heavy atom. The second kappa shape index (κ2) is 12.3. The van der Waals surface area contributed by atoms with Crippen LogP contribution in [0.15, 0.2) is 0 Å². The van der Waals surface area contributed by atoms with E-state index in [4.69, 9.17) is 19.7 Å². The number of aliphatic hydroxyl groups is 2. The molecule has 0 saturated carbocycles. The first-order valence-corrected chi connectivity index (χ1v) is 6.38. The smallest absolute Gasteiger partial charge is 0.0701 e. The van der Waals surface area contributed by atoms with Crippen LogP contribution in [-0.4, -0.2) is 73.9 Å². The summed E-state index contributed by atoms with van der Waals surface area (Å²) < 4.78 is 10.7. The number of aliphatic hydroxyl groups excluding tert-OH is 2. The fourth-order valence-corrected chi connectivity index (χ4v) is 1.64. The summed E-state index contributed by atoms with van der Waals surface area (Å²) in [6, 6.07) is 0. The summed E-state index contributed by atoms with van der Waals surface area (Å²) in [5.41, 5.74) is 0. The molecule has 0 aliphatic carbocycles. The van der Waals surface area contributed by atoms with Gasteiger partial charge in [-0.15, -0.1) is 0 Å². The van der Waals surface area contributed by atoms with Crippen LogP contribution in [0.1, 0.15) is 20.3 Å². The number of ether oxygens (including phenoxy) is 2. The molecular formula is C12H27NO4. The standard InChI is InChI=1S/C12H27NO4/c1-3-4-13(5-8-16-9-6-14)11-12(2)17-10-7-15/h12,14-15H,3-11H2,1-2H3. The van der Waals surface area contributed by atoms with E-state index >= 15 is 0 Å². The third-order valence-electron chi connectivity index (χ3n) is 2.34. The molecule has 0 fully saturated rings. The molecule has 2 N–H and O–H groups in total. The maximum absolute atomic E-state index is 8.67. The van der Waals surface area contributed by atoms with E-state index in [1.165, 1.54) is 0 Å². The Labute approximate surface area is 104 Å². The third-order valence-corrected chi connectivity index (χ3v) is 2.34. The first kappa shape index (κ1) is 16.8. The minimum atomic E-state index is 0.0672. The van der Waals surface area contributed by atoms with Crippen LogP contribution in [0.3, 0.4) is 0 Å². The van der Waals surface area contributed by atoms with E-state index in [1.807, 2.05) is 6.92 Å². The molecular weight excluding hydrogens is 222 g/mol. The second-order valence-electron chi connectivity index (χ2n) is 4.04. The van der Waals surface area contributed by atoms with Gasteiger partial charge in [-0.25, -0.2) is 0 Å². The predicted molar refractivity (Wildman–Crippen MR) is 67.1 cm³/mol. The van der Waals surface area contributed by atoms with E-state index in [-0.39, 0.29) is 19.3 Å².